The molecule has 0 aliphatic rings. The lowest BCUT2D eigenvalue weighted by atomic mass is 10.0. The molecule has 494 valence electrons. The lowest BCUT2D eigenvalue weighted by Crippen LogP contribution is -2.37. The number of rotatable bonds is 60. The van der Waals surface area contributed by atoms with Gasteiger partial charge in [0.1, 0.15) is 19.8 Å². The van der Waals surface area contributed by atoms with Crippen LogP contribution in [0.1, 0.15) is 232 Å². The van der Waals surface area contributed by atoms with Crippen molar-refractivity contribution in [2.75, 3.05) is 47.5 Å². The third-order valence-corrected chi connectivity index (χ3v) is 14.6. The second-order valence-corrected chi connectivity index (χ2v) is 24.5. The van der Waals surface area contributed by atoms with Gasteiger partial charge in [0.25, 0.3) is 0 Å². The first kappa shape index (κ1) is 82.8. The van der Waals surface area contributed by atoms with Gasteiger partial charge in [-0.1, -0.05) is 279 Å². The molecule has 0 saturated heterocycles. The summed E-state index contributed by atoms with van der Waals surface area (Å²) in [6.45, 7) is 4.11. The van der Waals surface area contributed by atoms with Gasteiger partial charge in [-0.05, 0) is 135 Å². The molecule has 0 fully saturated rings. The zero-order valence-corrected chi connectivity index (χ0v) is 57.0. The van der Waals surface area contributed by atoms with Gasteiger partial charge >= 0.3 is 19.8 Å². The molecule has 0 rings (SSSR count). The summed E-state index contributed by atoms with van der Waals surface area (Å²) >= 11 is 0. The second-order valence-electron chi connectivity index (χ2n) is 23.1. The van der Waals surface area contributed by atoms with Crippen molar-refractivity contribution in [3.8, 4) is 0 Å². The maximum atomic E-state index is 12.9. The van der Waals surface area contributed by atoms with Crippen LogP contribution >= 0.6 is 7.82 Å². The molecule has 1 N–H and O–H groups in total. The Morgan fingerprint density at radius 2 is 0.625 bits per heavy atom. The predicted octanol–water partition coefficient (Wildman–Crippen LogP) is 22.5. The molecule has 9 nitrogen and oxygen atoms in total. The van der Waals surface area contributed by atoms with Crippen LogP contribution in [0.4, 0.5) is 0 Å². The predicted molar refractivity (Wildman–Crippen MR) is 380 cm³/mol. The van der Waals surface area contributed by atoms with E-state index in [9.17, 15) is 19.0 Å². The van der Waals surface area contributed by atoms with Crippen molar-refractivity contribution in [3.63, 3.8) is 0 Å². The number of phosphoric ester groups is 1. The fourth-order valence-corrected chi connectivity index (χ4v) is 9.21. The van der Waals surface area contributed by atoms with Gasteiger partial charge in [-0.2, -0.15) is 0 Å². The highest BCUT2D eigenvalue weighted by Crippen LogP contribution is 2.43. The van der Waals surface area contributed by atoms with Crippen molar-refractivity contribution in [2.45, 2.75) is 238 Å². The van der Waals surface area contributed by atoms with E-state index >= 15 is 0 Å². The van der Waals surface area contributed by atoms with E-state index in [1.807, 2.05) is 21.1 Å². The monoisotopic (exact) mass is 1230 g/mol. The summed E-state index contributed by atoms with van der Waals surface area (Å²) in [6, 6.07) is 0. The van der Waals surface area contributed by atoms with E-state index in [4.69, 9.17) is 18.5 Å². The van der Waals surface area contributed by atoms with Gasteiger partial charge in [-0.3, -0.25) is 18.6 Å². The maximum Gasteiger partial charge on any atom is 0.472 e. The van der Waals surface area contributed by atoms with Crippen LogP contribution in [0.5, 0.6) is 0 Å². The minimum absolute atomic E-state index is 0.0124. The number of hydrogen-bond acceptors (Lipinski definition) is 7. The molecule has 0 aromatic heterocycles. The van der Waals surface area contributed by atoms with Crippen LogP contribution in [0.15, 0.2) is 194 Å². The van der Waals surface area contributed by atoms with Gasteiger partial charge in [0.2, 0.25) is 0 Å². The Hall–Kier alpha value is -5.15. The van der Waals surface area contributed by atoms with Crippen LogP contribution in [0.25, 0.3) is 0 Å². The van der Waals surface area contributed by atoms with E-state index in [0.29, 0.717) is 23.9 Å². The molecule has 0 heterocycles. The molecule has 10 heteroatoms. The minimum Gasteiger partial charge on any atom is -0.462 e. The number of carbonyl (C=O) groups is 2. The van der Waals surface area contributed by atoms with Gasteiger partial charge in [-0.25, -0.2) is 4.57 Å². The number of unbranched alkanes of at least 4 members (excludes halogenated alkanes) is 14. The number of likely N-dealkylation sites (N-methyl/N-ethyl adjacent to an activating group) is 1. The SMILES string of the molecule is CC/C=C\C/C=C\C/C=C\C/C=C\C/C=C\C/C=C\C/C=C\C/C=C\C/C=C\CCCCCCCCCCCCCCCC(=O)OC(COC(=O)CCC/C=C\C/C=C\C/C=C\C/C=C\C/C=C\C/C=C\C/C=C\CC)COP(=O)(O)OCC[N+](C)(C)C. The Morgan fingerprint density at radius 3 is 0.943 bits per heavy atom. The van der Waals surface area contributed by atoms with E-state index in [-0.39, 0.29) is 26.1 Å². The quantitative estimate of drug-likeness (QED) is 0.0211. The molecule has 0 spiro atoms. The van der Waals surface area contributed by atoms with Gasteiger partial charge < -0.3 is 18.9 Å². The molecule has 88 heavy (non-hydrogen) atoms. The van der Waals surface area contributed by atoms with Crippen molar-refractivity contribution in [1.29, 1.82) is 0 Å². The summed E-state index contributed by atoms with van der Waals surface area (Å²) in [4.78, 5) is 35.8. The Balaban J connectivity index is 4.15. The lowest BCUT2D eigenvalue weighted by Gasteiger charge is -2.24. The van der Waals surface area contributed by atoms with Crippen LogP contribution in [-0.2, 0) is 32.7 Å². The maximum absolute atomic E-state index is 12.9. The Labute approximate surface area is 539 Å². The highest BCUT2D eigenvalue weighted by molar-refractivity contribution is 7.47. The molecule has 0 radical (unpaired) electrons. The van der Waals surface area contributed by atoms with E-state index in [1.165, 1.54) is 64.2 Å². The highest BCUT2D eigenvalue weighted by Gasteiger charge is 2.27. The van der Waals surface area contributed by atoms with Crippen LogP contribution < -0.4 is 0 Å². The molecule has 0 saturated carbocycles. The molecule has 0 amide bonds. The molecule has 2 atom stereocenters. The molecule has 0 aliphatic carbocycles. The zero-order valence-electron chi connectivity index (χ0n) is 56.1. The number of nitrogens with zero attached hydrogens (tertiary/aromatic N) is 1. The first-order valence-corrected chi connectivity index (χ1v) is 35.7. The standard InChI is InChI=1S/C78H124NO8P/c1-6-8-10-12-14-16-18-20-22-24-26-28-30-31-32-33-34-35-36-37-38-39-40-41-42-43-44-45-46-47-49-51-53-55-57-59-61-63-65-67-69-71-78(81)87-76(75-86-88(82,83)85-73-72-79(3,4)5)74-84-77(80)70-68-66-64-62-60-58-56-54-52-50-48-29-27-25-23-21-19-17-15-13-11-9-7-2/h8-11,14-17,20-23,26-29,31-32,34-35,37-38,40-41,43-44,50,52,56,58,62,64,76H,6-7,12-13,18-19,24-25,30,33,36,39,42,45-49,51,53-55,57,59-61,63,65-75H2,1-5H3/p+1/b10-8-,11-9-,16-14-,17-15-,22-20-,23-21-,28-26-,29-27-,32-31-,35-34-,38-37-,41-40-,44-43-,52-50-,58-56-,64-62-. The second kappa shape index (κ2) is 66.3. The van der Waals surface area contributed by atoms with Gasteiger partial charge in [-0.15, -0.1) is 0 Å². The molecular formula is C78H125NO8P+. The topological polar surface area (TPSA) is 108 Å². The van der Waals surface area contributed by atoms with Crippen LogP contribution in [0.2, 0.25) is 0 Å². The molecular weight excluding hydrogens is 1110 g/mol. The van der Waals surface area contributed by atoms with Crippen molar-refractivity contribution in [2.24, 2.45) is 0 Å². The summed E-state index contributed by atoms with van der Waals surface area (Å²) in [5.74, 6) is -0.881. The van der Waals surface area contributed by atoms with Crippen molar-refractivity contribution >= 4 is 19.8 Å². The molecule has 0 bridgehead atoms. The average molecular weight is 1240 g/mol. The largest absolute Gasteiger partial charge is 0.472 e. The summed E-state index contributed by atoms with van der Waals surface area (Å²) < 4.78 is 34.6. The van der Waals surface area contributed by atoms with Crippen molar-refractivity contribution in [3.05, 3.63) is 194 Å². The summed E-state index contributed by atoms with van der Waals surface area (Å²) in [5, 5.41) is 0. The fourth-order valence-electron chi connectivity index (χ4n) is 8.47. The van der Waals surface area contributed by atoms with Crippen LogP contribution in [-0.4, -0.2) is 74.9 Å². The lowest BCUT2D eigenvalue weighted by molar-refractivity contribution is -0.870. The van der Waals surface area contributed by atoms with E-state index in [0.717, 1.165) is 128 Å². The minimum atomic E-state index is -4.42. The number of phosphoric acid groups is 1. The Bertz CT molecular complexity index is 2190. The average Bonchev–Trinajstić information content (AvgIpc) is 3.58. The third-order valence-electron chi connectivity index (χ3n) is 13.6. The Kier molecular flexibility index (Phi) is 62.4. The zero-order chi connectivity index (χ0) is 64.1. The highest BCUT2D eigenvalue weighted by atomic mass is 31.2. The van der Waals surface area contributed by atoms with E-state index < -0.39 is 32.5 Å². The first-order chi connectivity index (χ1) is 43.0. The van der Waals surface area contributed by atoms with Gasteiger partial charge in [0.15, 0.2) is 6.10 Å². The number of carbonyl (C=O) groups excluding carboxylic acids is 2. The van der Waals surface area contributed by atoms with Crippen LogP contribution in [0.3, 0.4) is 0 Å². The summed E-state index contributed by atoms with van der Waals surface area (Å²) in [6.07, 6.45) is 104. The molecule has 2 unspecified atom stereocenters. The first-order valence-electron chi connectivity index (χ1n) is 34.2. The van der Waals surface area contributed by atoms with Gasteiger partial charge in [0, 0.05) is 12.8 Å². The fraction of sp³-hybridized carbons (Fsp3) is 0.564. The number of hydrogen-bond donors (Lipinski definition) is 1. The smallest absolute Gasteiger partial charge is 0.462 e. The summed E-state index contributed by atoms with van der Waals surface area (Å²) in [5.41, 5.74) is 0. The van der Waals surface area contributed by atoms with E-state index in [2.05, 4.69) is 208 Å². The molecule has 0 aromatic rings. The molecule has 0 aliphatic heterocycles. The van der Waals surface area contributed by atoms with Crippen LogP contribution in [0, 0.1) is 0 Å². The number of ether oxygens (including phenoxy) is 2. The third kappa shape index (κ3) is 69.9. The summed E-state index contributed by atoms with van der Waals surface area (Å²) in [7, 11) is 1.42. The van der Waals surface area contributed by atoms with E-state index in [1.54, 1.807) is 0 Å². The Morgan fingerprint density at radius 1 is 0.352 bits per heavy atom. The van der Waals surface area contributed by atoms with Crippen molar-refractivity contribution < 1.29 is 42.1 Å². The van der Waals surface area contributed by atoms with Gasteiger partial charge in [0.05, 0.1) is 27.7 Å². The number of quaternary nitrogens is 1. The normalized spacial score (nSPS) is 14.4. The van der Waals surface area contributed by atoms with Crippen molar-refractivity contribution in [1.82, 2.24) is 0 Å². The number of allylic oxidation sites excluding steroid dienone is 32. The molecule has 0 aromatic carbocycles. The number of esters is 2.